The second kappa shape index (κ2) is 9.89. The van der Waals surface area contributed by atoms with Crippen LogP contribution in [0, 0.1) is 0 Å². The molecule has 0 bridgehead atoms. The molecule has 0 atom stereocenters. The van der Waals surface area contributed by atoms with Gasteiger partial charge in [-0.05, 0) is 20.3 Å². The van der Waals surface area contributed by atoms with Gasteiger partial charge in [0.25, 0.3) is 0 Å². The first kappa shape index (κ1) is 19.3. The van der Waals surface area contributed by atoms with Crippen LogP contribution < -0.4 is 10.5 Å². The standard InChI is InChI=1S/C9H22N4O2S.HI/c1-4-13(5-2)9(10)11-7-6-8-12-16(3,14)15;/h12H,4-8H2,1-3H3,(H2,10,11);1H. The molecule has 0 fully saturated rings. The lowest BCUT2D eigenvalue weighted by Gasteiger charge is -2.19. The molecule has 0 unspecified atom stereocenters. The highest BCUT2D eigenvalue weighted by molar-refractivity contribution is 14.0. The van der Waals surface area contributed by atoms with Gasteiger partial charge in [0.2, 0.25) is 10.0 Å². The molecule has 0 aromatic carbocycles. The fraction of sp³-hybridized carbons (Fsp3) is 0.889. The number of halogens is 1. The minimum atomic E-state index is -3.09. The van der Waals surface area contributed by atoms with Crippen molar-refractivity contribution in [3.05, 3.63) is 0 Å². The number of nitrogens with zero attached hydrogens (tertiary/aromatic N) is 2. The molecule has 0 rings (SSSR count). The quantitative estimate of drug-likeness (QED) is 0.287. The van der Waals surface area contributed by atoms with E-state index >= 15 is 0 Å². The van der Waals surface area contributed by atoms with E-state index in [1.165, 1.54) is 0 Å². The zero-order valence-corrected chi connectivity index (χ0v) is 13.8. The number of nitrogens with one attached hydrogen (secondary N) is 1. The van der Waals surface area contributed by atoms with Crippen molar-refractivity contribution in [1.29, 1.82) is 0 Å². The third kappa shape index (κ3) is 10.8. The SMILES string of the molecule is CCN(CC)C(N)=NCCCNS(C)(=O)=O.I. The van der Waals surface area contributed by atoms with Crippen molar-refractivity contribution in [2.24, 2.45) is 10.7 Å². The number of hydrogen-bond donors (Lipinski definition) is 2. The van der Waals surface area contributed by atoms with Crippen molar-refractivity contribution in [2.75, 3.05) is 32.4 Å². The van der Waals surface area contributed by atoms with Crippen LogP contribution in [0.25, 0.3) is 0 Å². The number of aliphatic imine (C=N–C) groups is 1. The first-order chi connectivity index (χ1) is 7.40. The summed E-state index contributed by atoms with van der Waals surface area (Å²) in [5.74, 6) is 0.518. The van der Waals surface area contributed by atoms with Gasteiger partial charge in [-0.3, -0.25) is 4.99 Å². The summed E-state index contributed by atoms with van der Waals surface area (Å²) >= 11 is 0. The van der Waals surface area contributed by atoms with Crippen LogP contribution in [0.3, 0.4) is 0 Å². The highest BCUT2D eigenvalue weighted by Gasteiger charge is 2.01. The molecule has 0 heterocycles. The number of rotatable bonds is 7. The van der Waals surface area contributed by atoms with Gasteiger partial charge in [-0.1, -0.05) is 0 Å². The Morgan fingerprint density at radius 1 is 1.35 bits per heavy atom. The summed E-state index contributed by atoms with van der Waals surface area (Å²) in [6.45, 7) is 6.60. The molecule has 0 aromatic heterocycles. The van der Waals surface area contributed by atoms with Gasteiger partial charge in [-0.2, -0.15) is 0 Å². The zero-order valence-electron chi connectivity index (χ0n) is 10.6. The van der Waals surface area contributed by atoms with Crippen molar-refractivity contribution in [3.8, 4) is 0 Å². The molecule has 0 aliphatic heterocycles. The van der Waals surface area contributed by atoms with Crippen molar-refractivity contribution >= 4 is 40.0 Å². The van der Waals surface area contributed by atoms with Crippen LogP contribution in [0.15, 0.2) is 4.99 Å². The lowest BCUT2D eigenvalue weighted by molar-refractivity contribution is 0.458. The normalized spacial score (nSPS) is 12.1. The maximum absolute atomic E-state index is 10.7. The fourth-order valence-electron chi connectivity index (χ4n) is 1.18. The monoisotopic (exact) mass is 378 g/mol. The fourth-order valence-corrected chi connectivity index (χ4v) is 1.69. The molecule has 0 aliphatic rings. The Morgan fingerprint density at radius 2 is 1.88 bits per heavy atom. The van der Waals surface area contributed by atoms with E-state index in [-0.39, 0.29) is 24.0 Å². The summed E-state index contributed by atoms with van der Waals surface area (Å²) in [4.78, 5) is 6.12. The zero-order chi connectivity index (χ0) is 12.6. The van der Waals surface area contributed by atoms with Crippen LogP contribution in [-0.2, 0) is 10.0 Å². The van der Waals surface area contributed by atoms with Crippen LogP contribution in [0.2, 0.25) is 0 Å². The third-order valence-corrected chi connectivity index (χ3v) is 2.79. The molecule has 0 radical (unpaired) electrons. The Morgan fingerprint density at radius 3 is 2.29 bits per heavy atom. The van der Waals surface area contributed by atoms with Gasteiger partial charge in [0.15, 0.2) is 5.96 Å². The van der Waals surface area contributed by atoms with E-state index in [2.05, 4.69) is 9.71 Å². The molecular weight excluding hydrogens is 355 g/mol. The van der Waals surface area contributed by atoms with E-state index in [1.54, 1.807) is 0 Å². The Balaban J connectivity index is 0. The van der Waals surface area contributed by atoms with Crippen LogP contribution in [0.5, 0.6) is 0 Å². The van der Waals surface area contributed by atoms with Gasteiger partial charge in [0.1, 0.15) is 0 Å². The predicted octanol–water partition coefficient (Wildman–Crippen LogP) is 0.200. The van der Waals surface area contributed by atoms with Gasteiger partial charge in [-0.25, -0.2) is 13.1 Å². The van der Waals surface area contributed by atoms with Gasteiger partial charge in [-0.15, -0.1) is 24.0 Å². The molecule has 6 nitrogen and oxygen atoms in total. The largest absolute Gasteiger partial charge is 0.370 e. The first-order valence-electron chi connectivity index (χ1n) is 5.40. The summed E-state index contributed by atoms with van der Waals surface area (Å²) in [5.41, 5.74) is 5.74. The second-order valence-corrected chi connectivity index (χ2v) is 5.27. The van der Waals surface area contributed by atoms with Crippen molar-refractivity contribution in [3.63, 3.8) is 0 Å². The highest BCUT2D eigenvalue weighted by atomic mass is 127. The van der Waals surface area contributed by atoms with E-state index in [9.17, 15) is 8.42 Å². The molecule has 8 heteroatoms. The number of hydrogen-bond acceptors (Lipinski definition) is 3. The molecule has 0 spiro atoms. The second-order valence-electron chi connectivity index (χ2n) is 3.43. The minimum absolute atomic E-state index is 0. The van der Waals surface area contributed by atoms with E-state index < -0.39 is 10.0 Å². The Bertz CT molecular complexity index is 315. The predicted molar refractivity (Wildman–Crippen MR) is 82.3 cm³/mol. The Labute approximate surface area is 121 Å². The van der Waals surface area contributed by atoms with Gasteiger partial charge < -0.3 is 10.6 Å². The molecular formula is C9H23IN4O2S. The minimum Gasteiger partial charge on any atom is -0.370 e. The molecule has 0 saturated carbocycles. The van der Waals surface area contributed by atoms with Crippen LogP contribution in [-0.4, -0.2) is 51.7 Å². The molecule has 0 saturated heterocycles. The summed E-state index contributed by atoms with van der Waals surface area (Å²) < 4.78 is 23.9. The van der Waals surface area contributed by atoms with E-state index in [0.717, 1.165) is 19.3 Å². The van der Waals surface area contributed by atoms with Crippen LogP contribution in [0.1, 0.15) is 20.3 Å². The lowest BCUT2D eigenvalue weighted by atomic mass is 10.4. The van der Waals surface area contributed by atoms with Crippen molar-refractivity contribution < 1.29 is 8.42 Å². The van der Waals surface area contributed by atoms with Gasteiger partial charge in [0.05, 0.1) is 6.26 Å². The lowest BCUT2D eigenvalue weighted by Crippen LogP contribution is -2.37. The maximum atomic E-state index is 10.7. The molecule has 0 aliphatic carbocycles. The Hall–Kier alpha value is -0.0900. The summed E-state index contributed by atoms with van der Waals surface area (Å²) in [6, 6.07) is 0. The average Bonchev–Trinajstić information content (AvgIpc) is 2.17. The summed E-state index contributed by atoms with van der Waals surface area (Å²) in [6.07, 6.45) is 1.79. The number of nitrogens with two attached hydrogens (primary N) is 1. The van der Waals surface area contributed by atoms with E-state index in [0.29, 0.717) is 25.5 Å². The van der Waals surface area contributed by atoms with Crippen molar-refractivity contribution in [1.82, 2.24) is 9.62 Å². The Kier molecular flexibility index (Phi) is 11.2. The molecule has 0 aromatic rings. The molecule has 3 N–H and O–H groups in total. The van der Waals surface area contributed by atoms with Gasteiger partial charge >= 0.3 is 0 Å². The third-order valence-electron chi connectivity index (χ3n) is 2.06. The van der Waals surface area contributed by atoms with Gasteiger partial charge in [0, 0.05) is 26.2 Å². The summed E-state index contributed by atoms with van der Waals surface area (Å²) in [5, 5.41) is 0. The molecule has 17 heavy (non-hydrogen) atoms. The van der Waals surface area contributed by atoms with E-state index in [1.807, 2.05) is 18.7 Å². The van der Waals surface area contributed by atoms with Crippen molar-refractivity contribution in [2.45, 2.75) is 20.3 Å². The van der Waals surface area contributed by atoms with Crippen LogP contribution >= 0.6 is 24.0 Å². The maximum Gasteiger partial charge on any atom is 0.208 e. The molecule has 0 amide bonds. The van der Waals surface area contributed by atoms with Crippen LogP contribution in [0.4, 0.5) is 0 Å². The number of sulfonamides is 1. The van der Waals surface area contributed by atoms with E-state index in [4.69, 9.17) is 5.73 Å². The highest BCUT2D eigenvalue weighted by Crippen LogP contribution is 1.88. The smallest absolute Gasteiger partial charge is 0.208 e. The first-order valence-corrected chi connectivity index (χ1v) is 7.29. The number of guanidine groups is 1. The average molecular weight is 378 g/mol. The molecule has 104 valence electrons. The topological polar surface area (TPSA) is 87.8 Å². The summed E-state index contributed by atoms with van der Waals surface area (Å²) in [7, 11) is -3.09.